The molecule has 0 saturated carbocycles. The molecule has 0 amide bonds. The molecule has 98 valence electrons. The maximum absolute atomic E-state index is 5.69. The van der Waals surface area contributed by atoms with E-state index < -0.39 is 0 Å². The Morgan fingerprint density at radius 2 is 2.37 bits per heavy atom. The molecule has 0 aliphatic heterocycles. The van der Waals surface area contributed by atoms with Gasteiger partial charge in [0.15, 0.2) is 0 Å². The summed E-state index contributed by atoms with van der Waals surface area (Å²) in [7, 11) is 0. The molecule has 3 rings (SSSR count). The highest BCUT2D eigenvalue weighted by atomic mass is 79.9. The van der Waals surface area contributed by atoms with Gasteiger partial charge >= 0.3 is 0 Å². The van der Waals surface area contributed by atoms with Crippen LogP contribution in [0.3, 0.4) is 0 Å². The first-order valence-electron chi connectivity index (χ1n) is 5.71. The van der Waals surface area contributed by atoms with Crippen LogP contribution in [0.25, 0.3) is 10.8 Å². The molecule has 0 spiro atoms. The maximum atomic E-state index is 5.69. The standard InChI is InChI=1S/C12H11BrN4OS/c1-8-10(7-17-6-9(5-13)15-16-17)14-12(18-8)11-3-2-4-19-11/h2-4,6H,5,7H2,1H3. The van der Waals surface area contributed by atoms with Crippen LogP contribution in [0.15, 0.2) is 28.1 Å². The average molecular weight is 339 g/mol. The summed E-state index contributed by atoms with van der Waals surface area (Å²) < 4.78 is 7.46. The number of aryl methyl sites for hydroxylation is 1. The van der Waals surface area contributed by atoms with E-state index in [1.165, 1.54) is 0 Å². The van der Waals surface area contributed by atoms with Crippen molar-refractivity contribution in [3.63, 3.8) is 0 Å². The Morgan fingerprint density at radius 1 is 1.47 bits per heavy atom. The fourth-order valence-corrected chi connectivity index (χ4v) is 2.62. The van der Waals surface area contributed by atoms with Crippen molar-refractivity contribution in [2.45, 2.75) is 18.8 Å². The lowest BCUT2D eigenvalue weighted by Gasteiger charge is -1.95. The van der Waals surface area contributed by atoms with Crippen LogP contribution in [0.1, 0.15) is 17.1 Å². The lowest BCUT2D eigenvalue weighted by molar-refractivity contribution is 0.536. The molecule has 7 heteroatoms. The SMILES string of the molecule is Cc1oc(-c2cccs2)nc1Cn1cc(CBr)nn1. The minimum atomic E-state index is 0.570. The van der Waals surface area contributed by atoms with Gasteiger partial charge in [0.05, 0.1) is 17.1 Å². The molecule has 0 atom stereocenters. The van der Waals surface area contributed by atoms with E-state index in [1.807, 2.05) is 30.6 Å². The van der Waals surface area contributed by atoms with Crippen LogP contribution in [0.4, 0.5) is 0 Å². The van der Waals surface area contributed by atoms with E-state index in [4.69, 9.17) is 4.42 Å². The second-order valence-electron chi connectivity index (χ2n) is 4.04. The molecular formula is C12H11BrN4OS. The smallest absolute Gasteiger partial charge is 0.236 e. The van der Waals surface area contributed by atoms with Gasteiger partial charge in [0.25, 0.3) is 0 Å². The van der Waals surface area contributed by atoms with Crippen LogP contribution < -0.4 is 0 Å². The molecule has 0 unspecified atom stereocenters. The molecule has 0 N–H and O–H groups in total. The summed E-state index contributed by atoms with van der Waals surface area (Å²) in [6.45, 7) is 2.49. The number of hydrogen-bond donors (Lipinski definition) is 0. The zero-order valence-corrected chi connectivity index (χ0v) is 12.6. The predicted molar refractivity (Wildman–Crippen MR) is 76.3 cm³/mol. The average Bonchev–Trinajstić information content (AvgIpc) is 3.12. The molecular weight excluding hydrogens is 328 g/mol. The third-order valence-corrected chi connectivity index (χ3v) is 4.09. The van der Waals surface area contributed by atoms with Gasteiger partial charge in [-0.1, -0.05) is 27.2 Å². The maximum Gasteiger partial charge on any atom is 0.236 e. The predicted octanol–water partition coefficient (Wildman–Crippen LogP) is 3.25. The Bertz CT molecular complexity index is 674. The molecule has 3 heterocycles. The molecule has 19 heavy (non-hydrogen) atoms. The lowest BCUT2D eigenvalue weighted by Crippen LogP contribution is -2.02. The van der Waals surface area contributed by atoms with Crippen molar-refractivity contribution in [1.29, 1.82) is 0 Å². The molecule has 0 radical (unpaired) electrons. The van der Waals surface area contributed by atoms with Gasteiger partial charge in [0, 0.05) is 11.5 Å². The zero-order chi connectivity index (χ0) is 13.2. The Balaban J connectivity index is 1.85. The third-order valence-electron chi connectivity index (χ3n) is 2.66. The van der Waals surface area contributed by atoms with Gasteiger partial charge in [0.1, 0.15) is 11.5 Å². The van der Waals surface area contributed by atoms with Crippen molar-refractivity contribution in [1.82, 2.24) is 20.0 Å². The van der Waals surface area contributed by atoms with E-state index in [2.05, 4.69) is 31.2 Å². The van der Waals surface area contributed by atoms with E-state index in [0.717, 1.165) is 22.0 Å². The number of thiophene rings is 1. The summed E-state index contributed by atoms with van der Waals surface area (Å²) >= 11 is 4.97. The number of alkyl halides is 1. The van der Waals surface area contributed by atoms with Gasteiger partial charge in [-0.15, -0.1) is 16.4 Å². The molecule has 5 nitrogen and oxygen atoms in total. The van der Waals surface area contributed by atoms with E-state index in [9.17, 15) is 0 Å². The van der Waals surface area contributed by atoms with E-state index in [0.29, 0.717) is 17.8 Å². The fraction of sp³-hybridized carbons (Fsp3) is 0.250. The minimum Gasteiger partial charge on any atom is -0.440 e. The van der Waals surface area contributed by atoms with Gasteiger partial charge < -0.3 is 4.42 Å². The number of rotatable bonds is 4. The molecule has 0 saturated heterocycles. The van der Waals surface area contributed by atoms with Crippen molar-refractivity contribution in [3.05, 3.63) is 40.9 Å². The Labute approximate surface area is 122 Å². The quantitative estimate of drug-likeness (QED) is 0.685. The first kappa shape index (κ1) is 12.6. The van der Waals surface area contributed by atoms with Gasteiger partial charge in [-0.2, -0.15) is 0 Å². The summed E-state index contributed by atoms with van der Waals surface area (Å²) in [5, 5.41) is 10.8. The molecule has 3 aromatic rings. The van der Waals surface area contributed by atoms with Crippen LogP contribution in [0.2, 0.25) is 0 Å². The third kappa shape index (κ3) is 2.62. The number of oxazole rings is 1. The fourth-order valence-electron chi connectivity index (χ4n) is 1.71. The molecule has 0 bridgehead atoms. The highest BCUT2D eigenvalue weighted by Crippen LogP contribution is 2.26. The number of hydrogen-bond acceptors (Lipinski definition) is 5. The van der Waals surface area contributed by atoms with E-state index in [-0.39, 0.29) is 0 Å². The summed E-state index contributed by atoms with van der Waals surface area (Å²) in [5.41, 5.74) is 1.79. The molecule has 3 aromatic heterocycles. The van der Waals surface area contributed by atoms with Gasteiger partial charge in [-0.25, -0.2) is 9.67 Å². The molecule has 0 aliphatic carbocycles. The highest BCUT2D eigenvalue weighted by Gasteiger charge is 2.13. The summed E-state index contributed by atoms with van der Waals surface area (Å²) in [6, 6.07) is 3.98. The van der Waals surface area contributed by atoms with Crippen molar-refractivity contribution >= 4 is 27.3 Å². The van der Waals surface area contributed by atoms with Crippen molar-refractivity contribution in [3.8, 4) is 10.8 Å². The monoisotopic (exact) mass is 338 g/mol. The highest BCUT2D eigenvalue weighted by molar-refractivity contribution is 9.08. The number of aromatic nitrogens is 4. The van der Waals surface area contributed by atoms with Crippen molar-refractivity contribution < 1.29 is 4.42 Å². The topological polar surface area (TPSA) is 56.7 Å². The molecule has 0 aromatic carbocycles. The first-order valence-corrected chi connectivity index (χ1v) is 7.71. The van der Waals surface area contributed by atoms with Gasteiger partial charge in [0.2, 0.25) is 5.89 Å². The van der Waals surface area contributed by atoms with Crippen LogP contribution in [0.5, 0.6) is 0 Å². The first-order chi connectivity index (χ1) is 9.26. The van der Waals surface area contributed by atoms with Crippen molar-refractivity contribution in [2.24, 2.45) is 0 Å². The Kier molecular flexibility index (Phi) is 3.48. The number of halogens is 1. The van der Waals surface area contributed by atoms with Crippen LogP contribution in [-0.4, -0.2) is 20.0 Å². The Hall–Kier alpha value is -1.47. The largest absolute Gasteiger partial charge is 0.440 e. The normalized spacial score (nSPS) is 11.1. The second kappa shape index (κ2) is 5.26. The summed E-state index contributed by atoms with van der Waals surface area (Å²) in [4.78, 5) is 5.56. The Morgan fingerprint density at radius 3 is 3.05 bits per heavy atom. The molecule has 0 fully saturated rings. The van der Waals surface area contributed by atoms with Crippen LogP contribution in [-0.2, 0) is 11.9 Å². The van der Waals surface area contributed by atoms with Gasteiger partial charge in [-0.05, 0) is 18.4 Å². The van der Waals surface area contributed by atoms with Gasteiger partial charge in [-0.3, -0.25) is 0 Å². The van der Waals surface area contributed by atoms with E-state index in [1.54, 1.807) is 16.0 Å². The summed E-state index contributed by atoms with van der Waals surface area (Å²) in [6.07, 6.45) is 1.90. The van der Waals surface area contributed by atoms with Crippen molar-refractivity contribution in [2.75, 3.05) is 0 Å². The minimum absolute atomic E-state index is 0.570. The second-order valence-corrected chi connectivity index (χ2v) is 5.55. The number of nitrogens with zero attached hydrogens (tertiary/aromatic N) is 4. The lowest BCUT2D eigenvalue weighted by atomic mass is 10.3. The molecule has 0 aliphatic rings. The zero-order valence-electron chi connectivity index (χ0n) is 10.2. The van der Waals surface area contributed by atoms with Crippen LogP contribution in [0, 0.1) is 6.92 Å². The summed E-state index contributed by atoms with van der Waals surface area (Å²) in [5.74, 6) is 1.49. The van der Waals surface area contributed by atoms with E-state index >= 15 is 0 Å². The van der Waals surface area contributed by atoms with Crippen LogP contribution >= 0.6 is 27.3 Å².